The lowest BCUT2D eigenvalue weighted by Crippen LogP contribution is -2.16. The molecule has 3 rings (SSSR count). The number of nitrogens with zero attached hydrogens (tertiary/aromatic N) is 4. The van der Waals surface area contributed by atoms with Crippen LogP contribution in [0.5, 0.6) is 0 Å². The second kappa shape index (κ2) is 4.28. The highest BCUT2D eigenvalue weighted by molar-refractivity contribution is 7.19. The maximum atomic E-state index is 6.09. The van der Waals surface area contributed by atoms with Crippen LogP contribution in [-0.2, 0) is 5.41 Å². The Bertz CT molecular complexity index is 758. The normalized spacial score (nSPS) is 12.2. The van der Waals surface area contributed by atoms with Crippen molar-refractivity contribution in [2.24, 2.45) is 0 Å². The summed E-state index contributed by atoms with van der Waals surface area (Å²) in [6.45, 7) is 8.35. The van der Waals surface area contributed by atoms with E-state index in [0.717, 1.165) is 32.6 Å². The van der Waals surface area contributed by atoms with Gasteiger partial charge in [-0.2, -0.15) is 9.61 Å². The summed E-state index contributed by atoms with van der Waals surface area (Å²) in [5, 5.41) is 14.0. The van der Waals surface area contributed by atoms with E-state index in [2.05, 4.69) is 36.1 Å². The van der Waals surface area contributed by atoms with Crippen molar-refractivity contribution >= 4 is 22.0 Å². The maximum Gasteiger partial charge on any atom is 0.235 e. The maximum absolute atomic E-state index is 6.09. The van der Waals surface area contributed by atoms with Gasteiger partial charge >= 0.3 is 0 Å². The first-order chi connectivity index (χ1) is 9.38. The Morgan fingerprint density at radius 3 is 2.60 bits per heavy atom. The predicted octanol–water partition coefficient (Wildman–Crippen LogP) is 3.04. The standard InChI is InChI=1S/C14H17N5S/c1-8-6-5-7-9(15)10(8)11-18-19-12(14(2,3)4)16-17-13(19)20-11/h5-7H,15H2,1-4H3. The van der Waals surface area contributed by atoms with Gasteiger partial charge in [-0.3, -0.25) is 0 Å². The van der Waals surface area contributed by atoms with Gasteiger partial charge in [0.1, 0.15) is 5.01 Å². The Morgan fingerprint density at radius 2 is 1.95 bits per heavy atom. The minimum absolute atomic E-state index is 0.0952. The molecule has 2 N–H and O–H groups in total. The Kier molecular flexibility index (Phi) is 2.79. The van der Waals surface area contributed by atoms with Gasteiger partial charge in [0.25, 0.3) is 0 Å². The van der Waals surface area contributed by atoms with Gasteiger partial charge < -0.3 is 5.73 Å². The van der Waals surface area contributed by atoms with Gasteiger partial charge in [0.2, 0.25) is 4.96 Å². The van der Waals surface area contributed by atoms with Crippen LogP contribution in [0.2, 0.25) is 0 Å². The van der Waals surface area contributed by atoms with Crippen LogP contribution >= 0.6 is 11.3 Å². The SMILES string of the molecule is Cc1cccc(N)c1-c1nn2c(C(C)(C)C)nnc2s1. The van der Waals surface area contributed by atoms with Crippen molar-refractivity contribution in [2.45, 2.75) is 33.1 Å². The van der Waals surface area contributed by atoms with Crippen molar-refractivity contribution in [1.82, 2.24) is 19.8 Å². The molecule has 6 heteroatoms. The summed E-state index contributed by atoms with van der Waals surface area (Å²) in [5.74, 6) is 0.863. The topological polar surface area (TPSA) is 69.1 Å². The van der Waals surface area contributed by atoms with E-state index >= 15 is 0 Å². The van der Waals surface area contributed by atoms with Crippen LogP contribution in [0.4, 0.5) is 5.69 Å². The smallest absolute Gasteiger partial charge is 0.235 e. The molecule has 5 nitrogen and oxygen atoms in total. The number of fused-ring (bicyclic) bond motifs is 1. The molecule has 0 atom stereocenters. The zero-order valence-electron chi connectivity index (χ0n) is 12.0. The van der Waals surface area contributed by atoms with Gasteiger partial charge in [-0.25, -0.2) is 0 Å². The predicted molar refractivity (Wildman–Crippen MR) is 81.9 cm³/mol. The Morgan fingerprint density at radius 1 is 1.20 bits per heavy atom. The van der Waals surface area contributed by atoms with E-state index in [1.165, 1.54) is 11.3 Å². The molecule has 20 heavy (non-hydrogen) atoms. The molecular weight excluding hydrogens is 270 g/mol. The van der Waals surface area contributed by atoms with Crippen LogP contribution < -0.4 is 5.73 Å². The van der Waals surface area contributed by atoms with E-state index in [9.17, 15) is 0 Å². The fourth-order valence-corrected chi connectivity index (χ4v) is 3.14. The number of anilines is 1. The van der Waals surface area contributed by atoms with Gasteiger partial charge in [0.15, 0.2) is 5.82 Å². The molecule has 0 aliphatic carbocycles. The molecule has 104 valence electrons. The summed E-state index contributed by atoms with van der Waals surface area (Å²) >= 11 is 1.51. The number of hydrogen-bond acceptors (Lipinski definition) is 5. The molecule has 3 aromatic rings. The molecular formula is C14H17N5S. The first-order valence-corrected chi connectivity index (χ1v) is 7.28. The number of nitrogens with two attached hydrogens (primary N) is 1. The molecule has 0 saturated heterocycles. The summed E-state index contributed by atoms with van der Waals surface area (Å²) in [7, 11) is 0. The molecule has 0 unspecified atom stereocenters. The second-order valence-corrected chi connectivity index (χ2v) is 6.87. The summed E-state index contributed by atoms with van der Waals surface area (Å²) in [6, 6.07) is 5.89. The zero-order valence-corrected chi connectivity index (χ0v) is 12.8. The third-order valence-electron chi connectivity index (χ3n) is 3.18. The highest BCUT2D eigenvalue weighted by Gasteiger charge is 2.24. The zero-order chi connectivity index (χ0) is 14.5. The van der Waals surface area contributed by atoms with E-state index in [0.29, 0.717) is 0 Å². The van der Waals surface area contributed by atoms with E-state index in [-0.39, 0.29) is 5.41 Å². The molecule has 0 amide bonds. The lowest BCUT2D eigenvalue weighted by molar-refractivity contribution is 0.528. The van der Waals surface area contributed by atoms with E-state index in [1.54, 1.807) is 0 Å². The largest absolute Gasteiger partial charge is 0.398 e. The molecule has 0 fully saturated rings. The molecule has 0 bridgehead atoms. The minimum Gasteiger partial charge on any atom is -0.398 e. The number of nitrogen functional groups attached to an aromatic ring is 1. The van der Waals surface area contributed by atoms with Crippen LogP contribution in [0.1, 0.15) is 32.2 Å². The molecule has 0 saturated carbocycles. The monoisotopic (exact) mass is 287 g/mol. The fraction of sp³-hybridized carbons (Fsp3) is 0.357. The van der Waals surface area contributed by atoms with Crippen molar-refractivity contribution in [3.05, 3.63) is 29.6 Å². The number of rotatable bonds is 1. The fourth-order valence-electron chi connectivity index (χ4n) is 2.17. The van der Waals surface area contributed by atoms with Crippen LogP contribution in [0.15, 0.2) is 18.2 Å². The Balaban J connectivity index is 2.22. The second-order valence-electron chi connectivity index (χ2n) is 5.91. The first kappa shape index (κ1) is 13.1. The third-order valence-corrected chi connectivity index (χ3v) is 4.10. The average molecular weight is 287 g/mol. The molecule has 0 spiro atoms. The lowest BCUT2D eigenvalue weighted by atomic mass is 9.96. The molecule has 0 radical (unpaired) electrons. The summed E-state index contributed by atoms with van der Waals surface area (Å²) in [5.41, 5.74) is 8.84. The van der Waals surface area contributed by atoms with E-state index in [1.807, 2.05) is 29.6 Å². The summed E-state index contributed by atoms with van der Waals surface area (Å²) in [6.07, 6.45) is 0. The van der Waals surface area contributed by atoms with Crippen molar-refractivity contribution in [1.29, 1.82) is 0 Å². The van der Waals surface area contributed by atoms with E-state index in [4.69, 9.17) is 5.73 Å². The van der Waals surface area contributed by atoms with Crippen molar-refractivity contribution in [2.75, 3.05) is 5.73 Å². The molecule has 2 aromatic heterocycles. The molecule has 0 aliphatic rings. The minimum atomic E-state index is -0.0952. The van der Waals surface area contributed by atoms with Crippen molar-refractivity contribution in [3.63, 3.8) is 0 Å². The van der Waals surface area contributed by atoms with E-state index < -0.39 is 0 Å². The molecule has 0 aliphatic heterocycles. The van der Waals surface area contributed by atoms with Gasteiger partial charge in [0, 0.05) is 16.7 Å². The van der Waals surface area contributed by atoms with Crippen molar-refractivity contribution in [3.8, 4) is 10.6 Å². The Labute approximate surface area is 121 Å². The summed E-state index contributed by atoms with van der Waals surface area (Å²) < 4.78 is 1.83. The van der Waals surface area contributed by atoms with Gasteiger partial charge in [-0.05, 0) is 18.6 Å². The number of benzene rings is 1. The molecule has 2 heterocycles. The quantitative estimate of drug-likeness (QED) is 0.698. The summed E-state index contributed by atoms with van der Waals surface area (Å²) in [4.78, 5) is 0.799. The van der Waals surface area contributed by atoms with Crippen molar-refractivity contribution < 1.29 is 0 Å². The van der Waals surface area contributed by atoms with Crippen LogP contribution in [-0.4, -0.2) is 19.8 Å². The van der Waals surface area contributed by atoms with Crippen LogP contribution in [0.3, 0.4) is 0 Å². The van der Waals surface area contributed by atoms with Crippen LogP contribution in [0.25, 0.3) is 15.5 Å². The average Bonchev–Trinajstić information content (AvgIpc) is 2.86. The number of aryl methyl sites for hydroxylation is 1. The highest BCUT2D eigenvalue weighted by Crippen LogP contribution is 2.33. The Hall–Kier alpha value is -1.95. The first-order valence-electron chi connectivity index (χ1n) is 6.46. The number of aromatic nitrogens is 4. The third kappa shape index (κ3) is 1.96. The lowest BCUT2D eigenvalue weighted by Gasteiger charge is -2.13. The van der Waals surface area contributed by atoms with Gasteiger partial charge in [-0.15, -0.1) is 10.2 Å². The van der Waals surface area contributed by atoms with Gasteiger partial charge in [0.05, 0.1) is 0 Å². The number of hydrogen-bond donors (Lipinski definition) is 1. The van der Waals surface area contributed by atoms with Crippen LogP contribution in [0, 0.1) is 6.92 Å². The molecule has 1 aromatic carbocycles. The van der Waals surface area contributed by atoms with Gasteiger partial charge in [-0.1, -0.05) is 44.2 Å². The highest BCUT2D eigenvalue weighted by atomic mass is 32.1.